The summed E-state index contributed by atoms with van der Waals surface area (Å²) in [6.45, 7) is 1.85. The first-order valence-corrected chi connectivity index (χ1v) is 10.8. The van der Waals surface area contributed by atoms with Gasteiger partial charge in [-0.05, 0) is 66.1 Å². The van der Waals surface area contributed by atoms with E-state index in [0.29, 0.717) is 21.9 Å². The summed E-state index contributed by atoms with van der Waals surface area (Å²) in [4.78, 5) is 38.8. The fourth-order valence-corrected chi connectivity index (χ4v) is 3.76. The van der Waals surface area contributed by atoms with E-state index in [9.17, 15) is 18.8 Å². The molecule has 0 saturated carbocycles. The topological polar surface area (TPSA) is 75.7 Å². The summed E-state index contributed by atoms with van der Waals surface area (Å²) in [7, 11) is 0. The Bertz CT molecular complexity index is 1340. The Balaban J connectivity index is 1.58. The van der Waals surface area contributed by atoms with E-state index in [1.165, 1.54) is 24.3 Å². The molecular formula is C25H17Cl2FN2O4. The van der Waals surface area contributed by atoms with Crippen LogP contribution >= 0.6 is 23.2 Å². The number of hydrogen-bond acceptors (Lipinski definition) is 4. The van der Waals surface area contributed by atoms with Crippen LogP contribution in [0.4, 0.5) is 14.9 Å². The van der Waals surface area contributed by atoms with Crippen LogP contribution < -0.4 is 15.0 Å². The number of halogens is 3. The van der Waals surface area contributed by atoms with Crippen LogP contribution in [0, 0.1) is 12.7 Å². The second kappa shape index (κ2) is 9.67. The van der Waals surface area contributed by atoms with Crippen LogP contribution in [0.3, 0.4) is 0 Å². The highest BCUT2D eigenvalue weighted by atomic mass is 35.5. The molecule has 3 aromatic carbocycles. The van der Waals surface area contributed by atoms with Crippen molar-refractivity contribution in [2.45, 2.75) is 13.5 Å². The van der Waals surface area contributed by atoms with Gasteiger partial charge in [0.2, 0.25) is 0 Å². The van der Waals surface area contributed by atoms with E-state index in [4.69, 9.17) is 27.9 Å². The normalized spacial score (nSPS) is 15.0. The third-order valence-electron chi connectivity index (χ3n) is 5.16. The number of rotatable bonds is 5. The van der Waals surface area contributed by atoms with Crippen molar-refractivity contribution in [2.24, 2.45) is 0 Å². The van der Waals surface area contributed by atoms with Crippen LogP contribution in [-0.2, 0) is 16.2 Å². The maximum Gasteiger partial charge on any atom is 0.335 e. The minimum atomic E-state index is -0.861. The van der Waals surface area contributed by atoms with Crippen molar-refractivity contribution in [1.29, 1.82) is 0 Å². The number of urea groups is 1. The highest BCUT2D eigenvalue weighted by molar-refractivity contribution is 6.40. The molecule has 0 aliphatic carbocycles. The monoisotopic (exact) mass is 498 g/mol. The third-order valence-corrected chi connectivity index (χ3v) is 5.86. The van der Waals surface area contributed by atoms with Crippen LogP contribution in [-0.4, -0.2) is 17.8 Å². The van der Waals surface area contributed by atoms with Crippen molar-refractivity contribution in [3.05, 3.63) is 98.8 Å². The molecule has 1 fully saturated rings. The van der Waals surface area contributed by atoms with Crippen molar-refractivity contribution < 1.29 is 23.5 Å². The molecule has 0 spiro atoms. The van der Waals surface area contributed by atoms with Gasteiger partial charge in [0.25, 0.3) is 11.8 Å². The summed E-state index contributed by atoms with van der Waals surface area (Å²) in [5, 5.41) is 2.80. The lowest BCUT2D eigenvalue weighted by molar-refractivity contribution is -0.122. The van der Waals surface area contributed by atoms with Gasteiger partial charge in [-0.1, -0.05) is 47.5 Å². The third kappa shape index (κ3) is 4.81. The van der Waals surface area contributed by atoms with Gasteiger partial charge in [-0.15, -0.1) is 0 Å². The summed E-state index contributed by atoms with van der Waals surface area (Å²) in [6, 6.07) is 14.6. The molecule has 9 heteroatoms. The van der Waals surface area contributed by atoms with E-state index >= 15 is 0 Å². The van der Waals surface area contributed by atoms with Crippen LogP contribution in [0.5, 0.6) is 5.75 Å². The summed E-state index contributed by atoms with van der Waals surface area (Å²) < 4.78 is 18.7. The largest absolute Gasteiger partial charge is 0.487 e. The number of benzene rings is 3. The highest BCUT2D eigenvalue weighted by Crippen LogP contribution is 2.31. The molecule has 0 atom stereocenters. The molecule has 1 heterocycles. The SMILES string of the molecule is Cc1c(Cl)cccc1N1C(=O)NC(=O)/C(=C\c2ccc(OCc3ccc(F)cc3)c(Cl)c2)C1=O. The first kappa shape index (κ1) is 23.5. The number of amides is 4. The number of imide groups is 2. The van der Waals surface area contributed by atoms with E-state index in [2.05, 4.69) is 5.32 Å². The molecule has 0 bridgehead atoms. The Labute approximate surface area is 204 Å². The van der Waals surface area contributed by atoms with Crippen molar-refractivity contribution in [3.8, 4) is 5.75 Å². The molecule has 6 nitrogen and oxygen atoms in total. The molecule has 1 N–H and O–H groups in total. The Morgan fingerprint density at radius 1 is 1.00 bits per heavy atom. The second-order valence-electron chi connectivity index (χ2n) is 7.45. The fraction of sp³-hybridized carbons (Fsp3) is 0.0800. The van der Waals surface area contributed by atoms with E-state index < -0.39 is 17.8 Å². The van der Waals surface area contributed by atoms with Crippen LogP contribution in [0.2, 0.25) is 10.0 Å². The molecular weight excluding hydrogens is 482 g/mol. The molecule has 4 amide bonds. The zero-order chi connectivity index (χ0) is 24.4. The molecule has 34 heavy (non-hydrogen) atoms. The number of carbonyl (C=O) groups excluding carboxylic acids is 3. The predicted octanol–water partition coefficient (Wildman–Crippen LogP) is 5.69. The van der Waals surface area contributed by atoms with Gasteiger partial charge >= 0.3 is 6.03 Å². The van der Waals surface area contributed by atoms with Crippen LogP contribution in [0.25, 0.3) is 6.08 Å². The van der Waals surface area contributed by atoms with Gasteiger partial charge in [0, 0.05) is 5.02 Å². The first-order valence-electron chi connectivity index (χ1n) is 10.1. The highest BCUT2D eigenvalue weighted by Gasteiger charge is 2.37. The van der Waals surface area contributed by atoms with Gasteiger partial charge in [-0.3, -0.25) is 14.9 Å². The number of hydrogen-bond donors (Lipinski definition) is 1. The average Bonchev–Trinajstić information content (AvgIpc) is 2.80. The number of anilines is 1. The second-order valence-corrected chi connectivity index (χ2v) is 8.26. The zero-order valence-electron chi connectivity index (χ0n) is 17.8. The molecule has 3 aromatic rings. The van der Waals surface area contributed by atoms with Gasteiger partial charge in [0.1, 0.15) is 23.7 Å². The van der Waals surface area contributed by atoms with Crippen molar-refractivity contribution in [2.75, 3.05) is 4.90 Å². The first-order chi connectivity index (χ1) is 16.2. The molecule has 1 saturated heterocycles. The summed E-state index contributed by atoms with van der Waals surface area (Å²) in [5.74, 6) is -1.57. The lowest BCUT2D eigenvalue weighted by Gasteiger charge is -2.27. The molecule has 0 unspecified atom stereocenters. The molecule has 172 valence electrons. The van der Waals surface area contributed by atoms with E-state index in [0.717, 1.165) is 10.5 Å². The number of nitrogens with one attached hydrogen (secondary N) is 1. The smallest absolute Gasteiger partial charge is 0.335 e. The molecule has 0 radical (unpaired) electrons. The van der Waals surface area contributed by atoms with Crippen molar-refractivity contribution in [3.63, 3.8) is 0 Å². The maximum absolute atomic E-state index is 13.1. The molecule has 1 aliphatic heterocycles. The quantitative estimate of drug-likeness (QED) is 0.362. The van der Waals surface area contributed by atoms with Crippen LogP contribution in [0.1, 0.15) is 16.7 Å². The Hall–Kier alpha value is -3.68. The van der Waals surface area contributed by atoms with E-state index in [1.807, 2.05) is 0 Å². The Morgan fingerprint density at radius 3 is 2.44 bits per heavy atom. The average molecular weight is 499 g/mol. The fourth-order valence-electron chi connectivity index (χ4n) is 3.35. The lowest BCUT2D eigenvalue weighted by Crippen LogP contribution is -2.54. The predicted molar refractivity (Wildman–Crippen MR) is 127 cm³/mol. The van der Waals surface area contributed by atoms with Crippen molar-refractivity contribution >= 4 is 52.8 Å². The van der Waals surface area contributed by atoms with E-state index in [-0.39, 0.29) is 28.7 Å². The number of nitrogens with zero attached hydrogens (tertiary/aromatic N) is 1. The summed E-state index contributed by atoms with van der Waals surface area (Å²) >= 11 is 12.5. The molecule has 1 aliphatic rings. The van der Waals surface area contributed by atoms with Gasteiger partial charge in [-0.2, -0.15) is 0 Å². The summed E-state index contributed by atoms with van der Waals surface area (Å²) in [6.07, 6.45) is 1.34. The van der Waals surface area contributed by atoms with Gasteiger partial charge in [-0.25, -0.2) is 14.1 Å². The minimum absolute atomic E-state index is 0.178. The van der Waals surface area contributed by atoms with Gasteiger partial charge < -0.3 is 4.74 Å². The molecule has 4 rings (SSSR count). The molecule has 0 aromatic heterocycles. The van der Waals surface area contributed by atoms with Gasteiger partial charge in [0.15, 0.2) is 0 Å². The van der Waals surface area contributed by atoms with E-state index in [1.54, 1.807) is 49.4 Å². The Kier molecular flexibility index (Phi) is 6.68. The number of barbiturate groups is 1. The zero-order valence-corrected chi connectivity index (χ0v) is 19.3. The standard InChI is InChI=1S/C25H17Cl2FN2O4/c1-14-19(26)3-2-4-21(14)30-24(32)18(23(31)29-25(30)33)11-16-7-10-22(20(27)12-16)34-13-15-5-8-17(28)9-6-15/h2-12H,13H2,1H3,(H,29,31,33)/b18-11+. The number of carbonyl (C=O) groups is 3. The maximum atomic E-state index is 13.1. The summed E-state index contributed by atoms with van der Waals surface area (Å²) in [5.41, 5.74) is 1.77. The number of ether oxygens (including phenoxy) is 1. The van der Waals surface area contributed by atoms with Gasteiger partial charge in [0.05, 0.1) is 10.7 Å². The minimum Gasteiger partial charge on any atom is -0.487 e. The lowest BCUT2D eigenvalue weighted by atomic mass is 10.1. The Morgan fingerprint density at radius 2 is 1.74 bits per heavy atom. The van der Waals surface area contributed by atoms with Crippen LogP contribution in [0.15, 0.2) is 66.2 Å². The van der Waals surface area contributed by atoms with Crippen molar-refractivity contribution in [1.82, 2.24) is 5.32 Å².